The average molecular weight is 416 g/mol. The molecule has 0 aliphatic rings. The first-order chi connectivity index (χ1) is 14.6. The Kier molecular flexibility index (Phi) is 5.46. The molecule has 4 aromatic rings. The highest BCUT2D eigenvalue weighted by Gasteiger charge is 2.16. The fraction of sp³-hybridized carbons (Fsp3) is 0. The number of benzene rings is 2. The van der Waals surface area contributed by atoms with Crippen molar-refractivity contribution in [1.29, 1.82) is 5.26 Å². The molecule has 0 unspecified atom stereocenters. The third kappa shape index (κ3) is 4.32. The predicted molar refractivity (Wildman–Crippen MR) is 111 cm³/mol. The first-order valence-electron chi connectivity index (χ1n) is 8.79. The molecule has 0 fully saturated rings. The number of nitrogens with one attached hydrogen (secondary N) is 1. The van der Waals surface area contributed by atoms with Crippen LogP contribution in [0.1, 0.15) is 15.2 Å². The highest BCUT2D eigenvalue weighted by molar-refractivity contribution is 7.16. The quantitative estimate of drug-likeness (QED) is 0.479. The Labute approximate surface area is 175 Å². The van der Waals surface area contributed by atoms with E-state index in [1.807, 2.05) is 0 Å². The van der Waals surface area contributed by atoms with Crippen molar-refractivity contribution in [3.63, 3.8) is 0 Å². The summed E-state index contributed by atoms with van der Waals surface area (Å²) in [7, 11) is 0. The molecule has 8 heteroatoms. The van der Waals surface area contributed by atoms with Gasteiger partial charge in [0.25, 0.3) is 5.91 Å². The first kappa shape index (κ1) is 19.2. The second-order valence-electron chi connectivity index (χ2n) is 6.06. The molecule has 2 heterocycles. The lowest BCUT2D eigenvalue weighted by atomic mass is 10.2. The Morgan fingerprint density at radius 2 is 1.73 bits per heavy atom. The number of carbonyl (C=O) groups excluding carboxylic acids is 1. The fourth-order valence-electron chi connectivity index (χ4n) is 2.61. The van der Waals surface area contributed by atoms with E-state index in [-0.39, 0.29) is 11.7 Å². The van der Waals surface area contributed by atoms with Crippen LogP contribution in [-0.2, 0) is 0 Å². The van der Waals surface area contributed by atoms with E-state index in [2.05, 4.69) is 21.4 Å². The maximum Gasteiger partial charge on any atom is 0.257 e. The van der Waals surface area contributed by atoms with Crippen molar-refractivity contribution in [1.82, 2.24) is 9.97 Å². The number of pyridine rings is 1. The SMILES string of the molecule is N#Cc1sc(NC(=O)c2ccc(Oc3ccc(F)cc3)cc2)nc1-c1ccccn1. The van der Waals surface area contributed by atoms with Gasteiger partial charge in [0.1, 0.15) is 34.0 Å². The smallest absolute Gasteiger partial charge is 0.257 e. The van der Waals surface area contributed by atoms with Crippen molar-refractivity contribution in [3.8, 4) is 29.0 Å². The lowest BCUT2D eigenvalue weighted by Gasteiger charge is -2.06. The molecule has 0 aliphatic heterocycles. The molecule has 6 nitrogen and oxygen atoms in total. The summed E-state index contributed by atoms with van der Waals surface area (Å²) in [5, 5.41) is 12.4. The van der Waals surface area contributed by atoms with Crippen molar-refractivity contribution >= 4 is 22.4 Å². The minimum atomic E-state index is -0.367. The van der Waals surface area contributed by atoms with E-state index in [0.717, 1.165) is 11.3 Å². The molecule has 146 valence electrons. The molecule has 1 N–H and O–H groups in total. The van der Waals surface area contributed by atoms with Gasteiger partial charge in [-0.05, 0) is 60.7 Å². The van der Waals surface area contributed by atoms with E-state index < -0.39 is 0 Å². The van der Waals surface area contributed by atoms with Crippen LogP contribution in [-0.4, -0.2) is 15.9 Å². The number of thiazole rings is 1. The molecule has 0 atom stereocenters. The van der Waals surface area contributed by atoms with Gasteiger partial charge in [0.15, 0.2) is 5.13 Å². The van der Waals surface area contributed by atoms with Crippen LogP contribution < -0.4 is 10.1 Å². The molecule has 2 aromatic heterocycles. The summed E-state index contributed by atoms with van der Waals surface area (Å²) in [5.74, 6) is 0.288. The zero-order valence-electron chi connectivity index (χ0n) is 15.4. The van der Waals surface area contributed by atoms with Gasteiger partial charge in [-0.25, -0.2) is 9.37 Å². The molecular weight excluding hydrogens is 403 g/mol. The molecule has 0 radical (unpaired) electrons. The zero-order valence-corrected chi connectivity index (χ0v) is 16.2. The predicted octanol–water partition coefficient (Wildman–Crippen LogP) is 5.26. The highest BCUT2D eigenvalue weighted by atomic mass is 32.1. The average Bonchev–Trinajstić information content (AvgIpc) is 3.19. The minimum absolute atomic E-state index is 0.309. The molecule has 0 saturated heterocycles. The Bertz CT molecular complexity index is 1220. The number of amides is 1. The number of ether oxygens (including phenoxy) is 1. The monoisotopic (exact) mass is 416 g/mol. The van der Waals surface area contributed by atoms with Crippen molar-refractivity contribution in [2.45, 2.75) is 0 Å². The Morgan fingerprint density at radius 1 is 1.03 bits per heavy atom. The van der Waals surface area contributed by atoms with Gasteiger partial charge in [-0.2, -0.15) is 5.26 Å². The number of halogens is 1. The van der Waals surface area contributed by atoms with Crippen LogP contribution in [0.4, 0.5) is 9.52 Å². The van der Waals surface area contributed by atoms with Gasteiger partial charge in [-0.1, -0.05) is 17.4 Å². The fourth-order valence-corrected chi connectivity index (χ4v) is 3.37. The highest BCUT2D eigenvalue weighted by Crippen LogP contribution is 2.29. The van der Waals surface area contributed by atoms with Gasteiger partial charge >= 0.3 is 0 Å². The summed E-state index contributed by atoms with van der Waals surface area (Å²) in [6.45, 7) is 0. The van der Waals surface area contributed by atoms with Gasteiger partial charge in [0.2, 0.25) is 0 Å². The molecule has 0 saturated carbocycles. The number of hydrogen-bond donors (Lipinski definition) is 1. The van der Waals surface area contributed by atoms with Crippen molar-refractivity contribution in [2.24, 2.45) is 0 Å². The molecule has 0 bridgehead atoms. The van der Waals surface area contributed by atoms with Gasteiger partial charge in [0, 0.05) is 11.8 Å². The molecule has 30 heavy (non-hydrogen) atoms. The van der Waals surface area contributed by atoms with Gasteiger partial charge in [0.05, 0.1) is 5.69 Å². The lowest BCUT2D eigenvalue weighted by molar-refractivity contribution is 0.102. The van der Waals surface area contributed by atoms with Crippen LogP contribution in [0, 0.1) is 17.1 Å². The van der Waals surface area contributed by atoms with Crippen LogP contribution in [0.2, 0.25) is 0 Å². The van der Waals surface area contributed by atoms with E-state index >= 15 is 0 Å². The topological polar surface area (TPSA) is 87.9 Å². The van der Waals surface area contributed by atoms with Gasteiger partial charge in [-0.15, -0.1) is 0 Å². The first-order valence-corrected chi connectivity index (χ1v) is 9.61. The molecule has 2 aromatic carbocycles. The summed E-state index contributed by atoms with van der Waals surface area (Å²) in [6, 6.07) is 19.5. The largest absolute Gasteiger partial charge is 0.457 e. The van der Waals surface area contributed by atoms with Crippen molar-refractivity contribution < 1.29 is 13.9 Å². The number of carbonyl (C=O) groups is 1. The van der Waals surface area contributed by atoms with E-state index in [4.69, 9.17) is 4.74 Å². The molecule has 0 spiro atoms. The van der Waals surface area contributed by atoms with E-state index in [1.54, 1.807) is 48.7 Å². The normalized spacial score (nSPS) is 10.3. The summed E-state index contributed by atoms with van der Waals surface area (Å²) < 4.78 is 18.6. The van der Waals surface area contributed by atoms with Crippen LogP contribution >= 0.6 is 11.3 Å². The van der Waals surface area contributed by atoms with Gasteiger partial charge < -0.3 is 4.74 Å². The van der Waals surface area contributed by atoms with E-state index in [0.29, 0.717) is 38.5 Å². The number of nitrogens with zero attached hydrogens (tertiary/aromatic N) is 3. The van der Waals surface area contributed by atoms with Crippen LogP contribution in [0.5, 0.6) is 11.5 Å². The molecule has 4 rings (SSSR count). The van der Waals surface area contributed by atoms with E-state index in [1.165, 1.54) is 24.3 Å². The molecule has 1 amide bonds. The van der Waals surface area contributed by atoms with Crippen LogP contribution in [0.15, 0.2) is 72.9 Å². The third-order valence-corrected chi connectivity index (χ3v) is 4.90. The number of anilines is 1. The standard InChI is InChI=1S/C22H13FN4O2S/c23-15-6-10-17(11-7-15)29-16-8-4-14(5-9-16)21(28)27-22-26-20(19(13-24)30-22)18-3-1-2-12-25-18/h1-12H,(H,26,27,28). The maximum absolute atomic E-state index is 13.0. The number of rotatable bonds is 5. The van der Waals surface area contributed by atoms with Crippen LogP contribution in [0.25, 0.3) is 11.4 Å². The number of nitriles is 1. The Morgan fingerprint density at radius 3 is 2.37 bits per heavy atom. The number of aromatic nitrogens is 2. The second kappa shape index (κ2) is 8.51. The molecule has 0 aliphatic carbocycles. The Hall–Kier alpha value is -4.09. The minimum Gasteiger partial charge on any atom is -0.457 e. The zero-order chi connectivity index (χ0) is 20.9. The van der Waals surface area contributed by atoms with Crippen molar-refractivity contribution in [2.75, 3.05) is 5.32 Å². The van der Waals surface area contributed by atoms with Gasteiger partial charge in [-0.3, -0.25) is 15.1 Å². The van der Waals surface area contributed by atoms with Crippen molar-refractivity contribution in [3.05, 3.63) is 89.2 Å². The summed E-state index contributed by atoms with van der Waals surface area (Å²) in [6.07, 6.45) is 1.61. The number of hydrogen-bond acceptors (Lipinski definition) is 6. The Balaban J connectivity index is 1.47. The second-order valence-corrected chi connectivity index (χ2v) is 7.06. The molecular formula is C22H13FN4O2S. The third-order valence-electron chi connectivity index (χ3n) is 4.02. The maximum atomic E-state index is 13.0. The lowest BCUT2D eigenvalue weighted by Crippen LogP contribution is -2.11. The van der Waals surface area contributed by atoms with Crippen LogP contribution in [0.3, 0.4) is 0 Å². The summed E-state index contributed by atoms with van der Waals surface area (Å²) in [4.78, 5) is 21.5. The van der Waals surface area contributed by atoms with E-state index in [9.17, 15) is 14.4 Å². The summed E-state index contributed by atoms with van der Waals surface area (Å²) >= 11 is 1.08. The summed E-state index contributed by atoms with van der Waals surface area (Å²) in [5.41, 5.74) is 1.39.